The van der Waals surface area contributed by atoms with Crippen molar-refractivity contribution in [3.8, 4) is 0 Å². The lowest BCUT2D eigenvalue weighted by molar-refractivity contribution is -0.143. The number of fused-ring (bicyclic) bond motifs is 1. The molecule has 2 aliphatic rings. The van der Waals surface area contributed by atoms with E-state index in [0.717, 1.165) is 40.6 Å². The number of carbonyl (C=O) groups is 2. The minimum absolute atomic E-state index is 0.0629. The van der Waals surface area contributed by atoms with Gasteiger partial charge in [-0.15, -0.1) is 0 Å². The molecule has 0 spiro atoms. The first-order valence-electron chi connectivity index (χ1n) is 9.77. The molecule has 1 saturated carbocycles. The topological polar surface area (TPSA) is 70.5 Å². The molecule has 2 aromatic rings. The van der Waals surface area contributed by atoms with Gasteiger partial charge in [-0.05, 0) is 56.7 Å². The Kier molecular flexibility index (Phi) is 4.41. The van der Waals surface area contributed by atoms with Gasteiger partial charge in [-0.1, -0.05) is 18.6 Å². The minimum atomic E-state index is -0.815. The quantitative estimate of drug-likeness (QED) is 0.894. The number of carboxylic acid groups (broad SMARTS) is 1. The Labute approximate surface area is 159 Å². The molecule has 5 heteroatoms. The van der Waals surface area contributed by atoms with E-state index in [9.17, 15) is 14.7 Å². The summed E-state index contributed by atoms with van der Waals surface area (Å²) < 4.78 is 0. The van der Waals surface area contributed by atoms with Crippen molar-refractivity contribution in [2.75, 3.05) is 13.1 Å². The van der Waals surface area contributed by atoms with Crippen LogP contribution in [-0.4, -0.2) is 40.0 Å². The van der Waals surface area contributed by atoms with Crippen molar-refractivity contribution in [1.29, 1.82) is 0 Å². The molecule has 2 fully saturated rings. The second-order valence-electron chi connectivity index (χ2n) is 8.43. The van der Waals surface area contributed by atoms with Crippen LogP contribution in [0.5, 0.6) is 0 Å². The molecule has 4 rings (SSSR count). The highest BCUT2D eigenvalue weighted by Gasteiger charge is 2.34. The van der Waals surface area contributed by atoms with Crippen molar-refractivity contribution >= 4 is 22.8 Å². The van der Waals surface area contributed by atoms with Crippen LogP contribution in [0, 0.1) is 25.7 Å². The van der Waals surface area contributed by atoms with Crippen LogP contribution in [0.25, 0.3) is 10.9 Å². The predicted octanol–water partition coefficient (Wildman–Crippen LogP) is 3.91. The number of amides is 1. The normalized spacial score (nSPS) is 22.9. The molecule has 1 N–H and O–H groups in total. The number of aryl methyl sites for hydroxylation is 2. The molecule has 5 nitrogen and oxygen atoms in total. The van der Waals surface area contributed by atoms with E-state index in [1.807, 2.05) is 32.9 Å². The number of rotatable bonds is 3. The van der Waals surface area contributed by atoms with Gasteiger partial charge in [0.2, 0.25) is 0 Å². The molecule has 1 amide bonds. The summed E-state index contributed by atoms with van der Waals surface area (Å²) in [6, 6.07) is 6.08. The molecule has 1 aliphatic carbocycles. The molecule has 2 heterocycles. The number of likely N-dealkylation sites (tertiary alicyclic amines) is 1. The number of benzene rings is 1. The maximum absolute atomic E-state index is 13.5. The maximum atomic E-state index is 13.5. The van der Waals surface area contributed by atoms with E-state index < -0.39 is 11.9 Å². The number of aliphatic carboxylic acids is 1. The van der Waals surface area contributed by atoms with E-state index in [0.29, 0.717) is 24.4 Å². The molecule has 1 aromatic carbocycles. The van der Waals surface area contributed by atoms with E-state index in [4.69, 9.17) is 4.98 Å². The van der Waals surface area contributed by atoms with Gasteiger partial charge in [0.15, 0.2) is 0 Å². The number of piperidine rings is 1. The van der Waals surface area contributed by atoms with E-state index in [1.54, 1.807) is 4.90 Å². The third kappa shape index (κ3) is 3.43. The van der Waals surface area contributed by atoms with Crippen molar-refractivity contribution < 1.29 is 14.7 Å². The lowest BCUT2D eigenvalue weighted by atomic mass is 9.89. The van der Waals surface area contributed by atoms with Crippen LogP contribution in [0.3, 0.4) is 0 Å². The van der Waals surface area contributed by atoms with Gasteiger partial charge >= 0.3 is 5.97 Å². The van der Waals surface area contributed by atoms with Gasteiger partial charge in [0.1, 0.15) is 0 Å². The minimum Gasteiger partial charge on any atom is -0.481 e. The SMILES string of the molecule is Cc1cc(C)c2nc(C3CC3)cc(C(=O)N3CC(C)CC(C(=O)O)C3)c2c1. The molecule has 1 aromatic heterocycles. The average Bonchev–Trinajstić information content (AvgIpc) is 3.45. The highest BCUT2D eigenvalue weighted by molar-refractivity contribution is 6.07. The van der Waals surface area contributed by atoms with E-state index in [2.05, 4.69) is 6.07 Å². The largest absolute Gasteiger partial charge is 0.481 e. The molecule has 0 radical (unpaired) electrons. The summed E-state index contributed by atoms with van der Waals surface area (Å²) >= 11 is 0. The van der Waals surface area contributed by atoms with Crippen molar-refractivity contribution in [3.63, 3.8) is 0 Å². The summed E-state index contributed by atoms with van der Waals surface area (Å²) in [6.07, 6.45) is 2.87. The van der Waals surface area contributed by atoms with Gasteiger partial charge in [-0.25, -0.2) is 0 Å². The van der Waals surface area contributed by atoms with Gasteiger partial charge in [0.05, 0.1) is 17.0 Å². The lowest BCUT2D eigenvalue weighted by Crippen LogP contribution is -2.45. The second-order valence-corrected chi connectivity index (χ2v) is 8.43. The summed E-state index contributed by atoms with van der Waals surface area (Å²) in [5.74, 6) is -0.731. The molecule has 0 bridgehead atoms. The Hall–Kier alpha value is -2.43. The van der Waals surface area contributed by atoms with Crippen molar-refractivity contribution in [3.05, 3.63) is 40.6 Å². The number of hydrogen-bond donors (Lipinski definition) is 1. The number of nitrogens with zero attached hydrogens (tertiary/aromatic N) is 2. The zero-order chi connectivity index (χ0) is 19.3. The molecule has 1 aliphatic heterocycles. The van der Waals surface area contributed by atoms with Gasteiger partial charge in [0.25, 0.3) is 5.91 Å². The predicted molar refractivity (Wildman–Crippen MR) is 104 cm³/mol. The first-order chi connectivity index (χ1) is 12.8. The number of carbonyl (C=O) groups excluding carboxylic acids is 1. The monoisotopic (exact) mass is 366 g/mol. The molecule has 27 heavy (non-hydrogen) atoms. The molecular weight excluding hydrogens is 340 g/mol. The third-order valence-corrected chi connectivity index (χ3v) is 5.79. The van der Waals surface area contributed by atoms with E-state index >= 15 is 0 Å². The van der Waals surface area contributed by atoms with Crippen LogP contribution >= 0.6 is 0 Å². The Morgan fingerprint density at radius 3 is 2.56 bits per heavy atom. The zero-order valence-electron chi connectivity index (χ0n) is 16.2. The van der Waals surface area contributed by atoms with E-state index in [-0.39, 0.29) is 18.4 Å². The Morgan fingerprint density at radius 2 is 1.89 bits per heavy atom. The summed E-state index contributed by atoms with van der Waals surface area (Å²) in [7, 11) is 0. The van der Waals surface area contributed by atoms with Crippen molar-refractivity contribution in [2.45, 2.75) is 46.0 Å². The number of carboxylic acids is 1. The summed E-state index contributed by atoms with van der Waals surface area (Å²) in [4.78, 5) is 31.6. The van der Waals surface area contributed by atoms with Gasteiger partial charge < -0.3 is 10.0 Å². The summed E-state index contributed by atoms with van der Waals surface area (Å²) in [5.41, 5.74) is 4.75. The van der Waals surface area contributed by atoms with E-state index in [1.165, 1.54) is 0 Å². The van der Waals surface area contributed by atoms with Gasteiger partial charge in [-0.2, -0.15) is 0 Å². The fourth-order valence-corrected chi connectivity index (χ4v) is 4.33. The van der Waals surface area contributed by atoms with Gasteiger partial charge in [-0.3, -0.25) is 14.6 Å². The zero-order valence-corrected chi connectivity index (χ0v) is 16.2. The van der Waals surface area contributed by atoms with Crippen molar-refractivity contribution in [2.24, 2.45) is 11.8 Å². The lowest BCUT2D eigenvalue weighted by Gasteiger charge is -2.35. The van der Waals surface area contributed by atoms with Crippen LogP contribution in [0.15, 0.2) is 18.2 Å². The molecule has 142 valence electrons. The fraction of sp³-hybridized carbons (Fsp3) is 0.500. The molecule has 1 saturated heterocycles. The highest BCUT2D eigenvalue weighted by atomic mass is 16.4. The highest BCUT2D eigenvalue weighted by Crippen LogP contribution is 2.41. The van der Waals surface area contributed by atoms with Crippen LogP contribution in [0.2, 0.25) is 0 Å². The average molecular weight is 366 g/mol. The Morgan fingerprint density at radius 1 is 1.15 bits per heavy atom. The second kappa shape index (κ2) is 6.63. The first kappa shape index (κ1) is 18.0. The Bertz CT molecular complexity index is 933. The molecule has 2 unspecified atom stereocenters. The van der Waals surface area contributed by atoms with Crippen LogP contribution < -0.4 is 0 Å². The number of pyridine rings is 1. The van der Waals surface area contributed by atoms with Crippen LogP contribution in [-0.2, 0) is 4.79 Å². The summed E-state index contributed by atoms with van der Waals surface area (Å²) in [5, 5.41) is 10.3. The van der Waals surface area contributed by atoms with Gasteiger partial charge in [0, 0.05) is 30.1 Å². The van der Waals surface area contributed by atoms with Crippen LogP contribution in [0.1, 0.15) is 59.3 Å². The Balaban J connectivity index is 1.79. The third-order valence-electron chi connectivity index (χ3n) is 5.79. The molecular formula is C22H26N2O3. The smallest absolute Gasteiger partial charge is 0.308 e. The number of hydrogen-bond acceptors (Lipinski definition) is 3. The maximum Gasteiger partial charge on any atom is 0.308 e. The standard InChI is InChI=1S/C22H26N2O3/c1-12-6-14(3)20-17(8-12)18(9-19(23-20)15-4-5-15)21(25)24-10-13(2)7-16(11-24)22(26)27/h6,8-9,13,15-16H,4-5,7,10-11H2,1-3H3,(H,26,27). The first-order valence-corrected chi connectivity index (χ1v) is 9.77. The van der Waals surface area contributed by atoms with Crippen LogP contribution in [0.4, 0.5) is 0 Å². The summed E-state index contributed by atoms with van der Waals surface area (Å²) in [6.45, 7) is 6.97. The fourth-order valence-electron chi connectivity index (χ4n) is 4.33. The molecule has 2 atom stereocenters. The number of aromatic nitrogens is 1. The van der Waals surface area contributed by atoms with Crippen molar-refractivity contribution in [1.82, 2.24) is 9.88 Å².